The summed E-state index contributed by atoms with van der Waals surface area (Å²) in [5.41, 5.74) is 0. The zero-order valence-corrected chi connectivity index (χ0v) is 9.01. The molecule has 0 radical (unpaired) electrons. The number of ether oxygens (including phenoxy) is 1. The fraction of sp³-hybridized carbons (Fsp3) is 1.00. The highest BCUT2D eigenvalue weighted by Crippen LogP contribution is 2.28. The zero-order valence-electron chi connectivity index (χ0n) is 9.01. The van der Waals surface area contributed by atoms with E-state index in [0.717, 1.165) is 38.1 Å². The topological polar surface area (TPSA) is 21.3 Å². The van der Waals surface area contributed by atoms with Crippen LogP contribution >= 0.6 is 0 Å². The van der Waals surface area contributed by atoms with E-state index < -0.39 is 0 Å². The summed E-state index contributed by atoms with van der Waals surface area (Å²) in [6.07, 6.45) is 4.05. The molecule has 0 aromatic carbocycles. The van der Waals surface area contributed by atoms with Crippen molar-refractivity contribution in [3.05, 3.63) is 0 Å². The van der Waals surface area contributed by atoms with Gasteiger partial charge in [0.15, 0.2) is 0 Å². The van der Waals surface area contributed by atoms with Gasteiger partial charge in [-0.15, -0.1) is 0 Å². The van der Waals surface area contributed by atoms with E-state index in [0.29, 0.717) is 0 Å². The smallest absolute Gasteiger partial charge is 0.0591 e. The van der Waals surface area contributed by atoms with Crippen molar-refractivity contribution >= 4 is 0 Å². The van der Waals surface area contributed by atoms with Crippen LogP contribution < -0.4 is 5.32 Å². The lowest BCUT2D eigenvalue weighted by atomic mass is 10.1. The molecule has 0 aliphatic heterocycles. The molecule has 1 saturated carbocycles. The summed E-state index contributed by atoms with van der Waals surface area (Å²) in [4.78, 5) is 0. The average Bonchev–Trinajstić information content (AvgIpc) is 2.86. The van der Waals surface area contributed by atoms with Gasteiger partial charge in [-0.2, -0.15) is 0 Å². The van der Waals surface area contributed by atoms with Gasteiger partial charge >= 0.3 is 0 Å². The first kappa shape index (κ1) is 11.0. The highest BCUT2D eigenvalue weighted by molar-refractivity contribution is 4.71. The predicted molar refractivity (Wildman–Crippen MR) is 55.9 cm³/mol. The van der Waals surface area contributed by atoms with Crippen LogP contribution in [0.1, 0.15) is 33.1 Å². The summed E-state index contributed by atoms with van der Waals surface area (Å²) in [6.45, 7) is 8.53. The summed E-state index contributed by atoms with van der Waals surface area (Å²) in [5, 5.41) is 3.39. The van der Waals surface area contributed by atoms with Crippen LogP contribution in [0.5, 0.6) is 0 Å². The SMILES string of the molecule is CC(C)CCNCCOCC1CC1. The second-order valence-electron chi connectivity index (χ2n) is 4.45. The molecule has 0 heterocycles. The quantitative estimate of drug-likeness (QED) is 0.584. The Morgan fingerprint density at radius 2 is 2.08 bits per heavy atom. The lowest BCUT2D eigenvalue weighted by molar-refractivity contribution is 0.126. The molecule has 1 aliphatic rings. The molecule has 0 unspecified atom stereocenters. The molecule has 0 atom stereocenters. The minimum Gasteiger partial charge on any atom is -0.380 e. The molecule has 13 heavy (non-hydrogen) atoms. The summed E-state index contributed by atoms with van der Waals surface area (Å²) in [5.74, 6) is 1.70. The summed E-state index contributed by atoms with van der Waals surface area (Å²) in [7, 11) is 0. The lowest BCUT2D eigenvalue weighted by Gasteiger charge is -2.07. The van der Waals surface area contributed by atoms with Gasteiger partial charge in [0.05, 0.1) is 6.61 Å². The van der Waals surface area contributed by atoms with E-state index in [1.165, 1.54) is 19.3 Å². The molecule has 1 rings (SSSR count). The van der Waals surface area contributed by atoms with E-state index in [2.05, 4.69) is 19.2 Å². The Bertz CT molecular complexity index is 115. The average molecular weight is 185 g/mol. The number of nitrogens with one attached hydrogen (secondary N) is 1. The fourth-order valence-corrected chi connectivity index (χ4v) is 1.19. The van der Waals surface area contributed by atoms with Crippen LogP contribution in [0.4, 0.5) is 0 Å². The Morgan fingerprint density at radius 1 is 1.31 bits per heavy atom. The van der Waals surface area contributed by atoms with Gasteiger partial charge in [-0.3, -0.25) is 0 Å². The monoisotopic (exact) mass is 185 g/mol. The van der Waals surface area contributed by atoms with Gasteiger partial charge in [-0.25, -0.2) is 0 Å². The third kappa shape index (κ3) is 7.03. The van der Waals surface area contributed by atoms with Crippen molar-refractivity contribution in [3.63, 3.8) is 0 Å². The van der Waals surface area contributed by atoms with Gasteiger partial charge < -0.3 is 10.1 Å². The Kier molecular flexibility index (Phi) is 5.40. The van der Waals surface area contributed by atoms with Gasteiger partial charge in [0.2, 0.25) is 0 Å². The van der Waals surface area contributed by atoms with Crippen LogP contribution in [0.15, 0.2) is 0 Å². The highest BCUT2D eigenvalue weighted by Gasteiger charge is 2.20. The van der Waals surface area contributed by atoms with Crippen LogP contribution in [0, 0.1) is 11.8 Å². The number of hydrogen-bond donors (Lipinski definition) is 1. The minimum absolute atomic E-state index is 0.805. The first-order chi connectivity index (χ1) is 6.29. The van der Waals surface area contributed by atoms with E-state index in [9.17, 15) is 0 Å². The van der Waals surface area contributed by atoms with Crippen LogP contribution in [-0.2, 0) is 4.74 Å². The molecule has 1 N–H and O–H groups in total. The van der Waals surface area contributed by atoms with Crippen molar-refractivity contribution in [1.82, 2.24) is 5.32 Å². The third-order valence-corrected chi connectivity index (χ3v) is 2.37. The van der Waals surface area contributed by atoms with Crippen molar-refractivity contribution in [2.24, 2.45) is 11.8 Å². The Balaban J connectivity index is 1.68. The predicted octanol–water partition coefficient (Wildman–Crippen LogP) is 2.05. The zero-order chi connectivity index (χ0) is 9.52. The molecule has 0 aromatic rings. The normalized spacial score (nSPS) is 16.8. The van der Waals surface area contributed by atoms with E-state index >= 15 is 0 Å². The molecule has 2 nitrogen and oxygen atoms in total. The van der Waals surface area contributed by atoms with E-state index in [4.69, 9.17) is 4.74 Å². The second kappa shape index (κ2) is 6.39. The molecule has 78 valence electrons. The Hall–Kier alpha value is -0.0800. The molecule has 1 fully saturated rings. The van der Waals surface area contributed by atoms with E-state index in [1.807, 2.05) is 0 Å². The van der Waals surface area contributed by atoms with Crippen molar-refractivity contribution in [2.45, 2.75) is 33.1 Å². The molecule has 0 bridgehead atoms. The summed E-state index contributed by atoms with van der Waals surface area (Å²) >= 11 is 0. The van der Waals surface area contributed by atoms with Gasteiger partial charge in [0.1, 0.15) is 0 Å². The number of rotatable bonds is 8. The van der Waals surface area contributed by atoms with Crippen molar-refractivity contribution in [3.8, 4) is 0 Å². The van der Waals surface area contributed by atoms with Gasteiger partial charge in [0, 0.05) is 13.2 Å². The van der Waals surface area contributed by atoms with Crippen LogP contribution in [0.2, 0.25) is 0 Å². The van der Waals surface area contributed by atoms with Crippen LogP contribution in [0.3, 0.4) is 0 Å². The van der Waals surface area contributed by atoms with Gasteiger partial charge in [-0.05, 0) is 37.6 Å². The maximum Gasteiger partial charge on any atom is 0.0591 e. The molecular formula is C11H23NO. The highest BCUT2D eigenvalue weighted by atomic mass is 16.5. The molecule has 0 spiro atoms. The largest absolute Gasteiger partial charge is 0.380 e. The van der Waals surface area contributed by atoms with Crippen LogP contribution in [0.25, 0.3) is 0 Å². The first-order valence-corrected chi connectivity index (χ1v) is 5.57. The molecule has 2 heteroatoms. The lowest BCUT2D eigenvalue weighted by Crippen LogP contribution is -2.22. The fourth-order valence-electron chi connectivity index (χ4n) is 1.19. The molecule has 0 saturated heterocycles. The summed E-state index contributed by atoms with van der Waals surface area (Å²) < 4.78 is 5.50. The Morgan fingerprint density at radius 3 is 2.69 bits per heavy atom. The second-order valence-corrected chi connectivity index (χ2v) is 4.45. The summed E-state index contributed by atoms with van der Waals surface area (Å²) in [6, 6.07) is 0. The minimum atomic E-state index is 0.805. The Labute approximate surface area is 82.0 Å². The maximum absolute atomic E-state index is 5.50. The van der Waals surface area contributed by atoms with Crippen molar-refractivity contribution in [1.29, 1.82) is 0 Å². The van der Waals surface area contributed by atoms with Crippen molar-refractivity contribution < 1.29 is 4.74 Å². The van der Waals surface area contributed by atoms with Crippen molar-refractivity contribution in [2.75, 3.05) is 26.3 Å². The van der Waals surface area contributed by atoms with Gasteiger partial charge in [-0.1, -0.05) is 13.8 Å². The van der Waals surface area contributed by atoms with Crippen LogP contribution in [-0.4, -0.2) is 26.3 Å². The first-order valence-electron chi connectivity index (χ1n) is 5.57. The third-order valence-electron chi connectivity index (χ3n) is 2.37. The number of hydrogen-bond acceptors (Lipinski definition) is 2. The molecule has 0 aromatic heterocycles. The standard InChI is InChI=1S/C11H23NO/c1-10(2)5-6-12-7-8-13-9-11-3-4-11/h10-12H,3-9H2,1-2H3. The van der Waals surface area contributed by atoms with E-state index in [1.54, 1.807) is 0 Å². The van der Waals surface area contributed by atoms with E-state index in [-0.39, 0.29) is 0 Å². The maximum atomic E-state index is 5.50. The van der Waals surface area contributed by atoms with Gasteiger partial charge in [0.25, 0.3) is 0 Å². The molecule has 0 amide bonds. The molecular weight excluding hydrogens is 162 g/mol. The molecule has 1 aliphatic carbocycles.